The molecule has 2 aliphatic rings. The number of nitrogens with zero attached hydrogens (tertiary/aromatic N) is 2. The summed E-state index contributed by atoms with van der Waals surface area (Å²) in [4.78, 5) is 6.86. The molecule has 2 N–H and O–H groups in total. The molecule has 2 fully saturated rings. The fourth-order valence-corrected chi connectivity index (χ4v) is 3.34. The Hall–Kier alpha value is -0.380. The molecule has 0 atom stereocenters. The molecule has 1 aliphatic heterocycles. The van der Waals surface area contributed by atoms with Crippen molar-refractivity contribution in [3.63, 3.8) is 0 Å². The molecular formula is C12H23N3S. The first-order chi connectivity index (χ1) is 7.76. The zero-order valence-electron chi connectivity index (χ0n) is 10.2. The third-order valence-corrected chi connectivity index (χ3v) is 5.02. The highest BCUT2D eigenvalue weighted by molar-refractivity contribution is 7.99. The van der Waals surface area contributed by atoms with E-state index in [0.29, 0.717) is 5.41 Å². The normalized spacial score (nSPS) is 25.3. The lowest BCUT2D eigenvalue weighted by atomic mass is 9.67. The van der Waals surface area contributed by atoms with Crippen molar-refractivity contribution in [2.24, 2.45) is 16.1 Å². The van der Waals surface area contributed by atoms with Crippen molar-refractivity contribution in [1.29, 1.82) is 0 Å². The number of guanidine groups is 1. The zero-order chi connectivity index (χ0) is 11.4. The van der Waals surface area contributed by atoms with Gasteiger partial charge in [0.25, 0.3) is 0 Å². The molecule has 0 aromatic heterocycles. The van der Waals surface area contributed by atoms with Gasteiger partial charge in [0.2, 0.25) is 0 Å². The van der Waals surface area contributed by atoms with E-state index in [-0.39, 0.29) is 0 Å². The number of hydrogen-bond donors (Lipinski definition) is 1. The van der Waals surface area contributed by atoms with E-state index < -0.39 is 0 Å². The maximum Gasteiger partial charge on any atom is 0.191 e. The van der Waals surface area contributed by atoms with Gasteiger partial charge in [0.15, 0.2) is 5.96 Å². The van der Waals surface area contributed by atoms with E-state index in [1.807, 2.05) is 11.8 Å². The summed E-state index contributed by atoms with van der Waals surface area (Å²) in [6.07, 6.45) is 5.31. The maximum atomic E-state index is 6.06. The van der Waals surface area contributed by atoms with Gasteiger partial charge in [-0.15, -0.1) is 0 Å². The Morgan fingerprint density at radius 2 is 2.06 bits per heavy atom. The predicted molar refractivity (Wildman–Crippen MR) is 72.0 cm³/mol. The first-order valence-electron chi connectivity index (χ1n) is 6.38. The van der Waals surface area contributed by atoms with Crippen LogP contribution in [0.4, 0.5) is 0 Å². The molecule has 0 radical (unpaired) electrons. The molecule has 0 bridgehead atoms. The van der Waals surface area contributed by atoms with E-state index in [0.717, 1.165) is 25.6 Å². The average molecular weight is 241 g/mol. The van der Waals surface area contributed by atoms with Crippen LogP contribution in [0.3, 0.4) is 0 Å². The zero-order valence-corrected chi connectivity index (χ0v) is 11.1. The van der Waals surface area contributed by atoms with Crippen molar-refractivity contribution >= 4 is 17.7 Å². The molecule has 16 heavy (non-hydrogen) atoms. The predicted octanol–water partition coefficient (Wildman–Crippen LogP) is 1.93. The lowest BCUT2D eigenvalue weighted by Crippen LogP contribution is -2.43. The van der Waals surface area contributed by atoms with Crippen molar-refractivity contribution in [3.05, 3.63) is 0 Å². The number of aliphatic imine (C=N–C) groups is 1. The fraction of sp³-hybridized carbons (Fsp3) is 0.917. The lowest BCUT2D eigenvalue weighted by Gasteiger charge is -2.40. The van der Waals surface area contributed by atoms with Gasteiger partial charge >= 0.3 is 0 Å². The number of nitrogens with two attached hydrogens (primary N) is 1. The van der Waals surface area contributed by atoms with E-state index in [4.69, 9.17) is 5.73 Å². The molecule has 0 unspecified atom stereocenters. The summed E-state index contributed by atoms with van der Waals surface area (Å²) in [5, 5.41) is 0. The van der Waals surface area contributed by atoms with Crippen molar-refractivity contribution in [2.75, 3.05) is 31.1 Å². The Balaban J connectivity index is 1.85. The van der Waals surface area contributed by atoms with Crippen LogP contribution in [0.5, 0.6) is 0 Å². The Morgan fingerprint density at radius 1 is 1.38 bits per heavy atom. The Bertz CT molecular complexity index is 249. The van der Waals surface area contributed by atoms with Crippen LogP contribution < -0.4 is 5.73 Å². The summed E-state index contributed by atoms with van der Waals surface area (Å²) in [6, 6.07) is 0. The van der Waals surface area contributed by atoms with Gasteiger partial charge in [-0.3, -0.25) is 4.99 Å². The molecule has 1 heterocycles. The van der Waals surface area contributed by atoms with Gasteiger partial charge in [-0.1, -0.05) is 13.3 Å². The Morgan fingerprint density at radius 3 is 2.56 bits per heavy atom. The minimum Gasteiger partial charge on any atom is -0.370 e. The summed E-state index contributed by atoms with van der Waals surface area (Å²) in [7, 11) is 0. The van der Waals surface area contributed by atoms with Crippen LogP contribution in [-0.2, 0) is 0 Å². The van der Waals surface area contributed by atoms with E-state index in [1.165, 1.54) is 37.2 Å². The van der Waals surface area contributed by atoms with Crippen LogP contribution in [0, 0.1) is 5.41 Å². The Kier molecular flexibility index (Phi) is 4.00. The second-order valence-corrected chi connectivity index (χ2v) is 6.21. The summed E-state index contributed by atoms with van der Waals surface area (Å²) in [5.74, 6) is 3.16. The third kappa shape index (κ3) is 2.65. The fourth-order valence-electron chi connectivity index (χ4n) is 2.44. The molecular weight excluding hydrogens is 218 g/mol. The minimum atomic E-state index is 0.495. The summed E-state index contributed by atoms with van der Waals surface area (Å²) >= 11 is 2.01. The quantitative estimate of drug-likeness (QED) is 0.606. The number of hydrogen-bond acceptors (Lipinski definition) is 2. The van der Waals surface area contributed by atoms with Crippen LogP contribution in [0.2, 0.25) is 0 Å². The van der Waals surface area contributed by atoms with Crippen molar-refractivity contribution in [1.82, 2.24) is 4.90 Å². The molecule has 92 valence electrons. The average Bonchev–Trinajstić information content (AvgIpc) is 2.29. The molecule has 2 rings (SSSR count). The van der Waals surface area contributed by atoms with Crippen LogP contribution >= 0.6 is 11.8 Å². The monoisotopic (exact) mass is 241 g/mol. The van der Waals surface area contributed by atoms with Gasteiger partial charge in [0.1, 0.15) is 0 Å². The van der Waals surface area contributed by atoms with Gasteiger partial charge in [-0.25, -0.2) is 0 Å². The number of rotatable bonds is 3. The van der Waals surface area contributed by atoms with Gasteiger partial charge in [-0.2, -0.15) is 11.8 Å². The SMILES string of the molecule is CCC1(CN=C(N)N2CCSCC2)CCC1. The topological polar surface area (TPSA) is 41.6 Å². The van der Waals surface area contributed by atoms with Crippen LogP contribution in [0.1, 0.15) is 32.6 Å². The maximum absolute atomic E-state index is 6.06. The van der Waals surface area contributed by atoms with Gasteiger partial charge < -0.3 is 10.6 Å². The molecule has 3 nitrogen and oxygen atoms in total. The van der Waals surface area contributed by atoms with Gasteiger partial charge in [0.05, 0.1) is 0 Å². The molecule has 0 amide bonds. The van der Waals surface area contributed by atoms with Crippen molar-refractivity contribution < 1.29 is 0 Å². The van der Waals surface area contributed by atoms with Gasteiger partial charge in [-0.05, 0) is 24.7 Å². The molecule has 0 aromatic carbocycles. The minimum absolute atomic E-state index is 0.495. The Labute approximate surface area is 103 Å². The standard InChI is InChI=1S/C12H23N3S/c1-2-12(4-3-5-12)10-14-11(13)15-6-8-16-9-7-15/h2-10H2,1H3,(H2,13,14). The van der Waals surface area contributed by atoms with Crippen LogP contribution in [0.25, 0.3) is 0 Å². The van der Waals surface area contributed by atoms with E-state index in [9.17, 15) is 0 Å². The van der Waals surface area contributed by atoms with Crippen molar-refractivity contribution in [2.45, 2.75) is 32.6 Å². The highest BCUT2D eigenvalue weighted by Crippen LogP contribution is 2.43. The summed E-state index contributed by atoms with van der Waals surface area (Å²) in [6.45, 7) is 5.36. The number of thioether (sulfide) groups is 1. The van der Waals surface area contributed by atoms with Gasteiger partial charge in [0, 0.05) is 31.1 Å². The molecule has 1 saturated heterocycles. The smallest absolute Gasteiger partial charge is 0.191 e. The molecule has 0 spiro atoms. The second-order valence-electron chi connectivity index (χ2n) is 4.98. The summed E-state index contributed by atoms with van der Waals surface area (Å²) in [5.41, 5.74) is 6.55. The first kappa shape index (κ1) is 12.1. The molecule has 0 aromatic rings. The van der Waals surface area contributed by atoms with E-state index >= 15 is 0 Å². The molecule has 1 saturated carbocycles. The van der Waals surface area contributed by atoms with Crippen LogP contribution in [-0.4, -0.2) is 42.0 Å². The summed E-state index contributed by atoms with van der Waals surface area (Å²) < 4.78 is 0. The lowest BCUT2D eigenvalue weighted by molar-refractivity contribution is 0.139. The largest absolute Gasteiger partial charge is 0.370 e. The van der Waals surface area contributed by atoms with Crippen LogP contribution in [0.15, 0.2) is 4.99 Å². The molecule has 1 aliphatic carbocycles. The second kappa shape index (κ2) is 5.30. The highest BCUT2D eigenvalue weighted by atomic mass is 32.2. The van der Waals surface area contributed by atoms with E-state index in [2.05, 4.69) is 16.8 Å². The third-order valence-electron chi connectivity index (χ3n) is 4.08. The van der Waals surface area contributed by atoms with E-state index in [1.54, 1.807) is 0 Å². The van der Waals surface area contributed by atoms with Crippen molar-refractivity contribution in [3.8, 4) is 0 Å². The molecule has 4 heteroatoms. The highest BCUT2D eigenvalue weighted by Gasteiger charge is 2.34. The first-order valence-corrected chi connectivity index (χ1v) is 7.54.